The van der Waals surface area contributed by atoms with Crippen LogP contribution in [-0.2, 0) is 14.8 Å². The van der Waals surface area contributed by atoms with Gasteiger partial charge < -0.3 is 10.2 Å². The Morgan fingerprint density at radius 1 is 1.06 bits per heavy atom. The second kappa shape index (κ2) is 11.0. The molecule has 0 bridgehead atoms. The Morgan fingerprint density at radius 2 is 1.72 bits per heavy atom. The Bertz CT molecular complexity index is 997. The fourth-order valence-corrected chi connectivity index (χ4v) is 5.47. The van der Waals surface area contributed by atoms with Crippen LogP contribution in [0.2, 0.25) is 0 Å². The Morgan fingerprint density at radius 3 is 2.38 bits per heavy atom. The first-order valence-electron chi connectivity index (χ1n) is 11.4. The molecule has 0 aromatic heterocycles. The van der Waals surface area contributed by atoms with Crippen molar-refractivity contribution in [3.05, 3.63) is 59.7 Å². The van der Waals surface area contributed by atoms with E-state index < -0.39 is 10.0 Å². The van der Waals surface area contributed by atoms with Gasteiger partial charge in [0.2, 0.25) is 5.91 Å². The number of aryl methyl sites for hydroxylation is 2. The van der Waals surface area contributed by atoms with Crippen molar-refractivity contribution in [3.8, 4) is 0 Å². The SMILES string of the molecule is Cc1ccc(S(=O)(=O)N(CC(=O)NCCCN2CCC(C)CC2)c2ccccc2C)cc1. The lowest BCUT2D eigenvalue weighted by Gasteiger charge is -2.30. The zero-order chi connectivity index (χ0) is 23.1. The van der Waals surface area contributed by atoms with Crippen LogP contribution in [0.1, 0.15) is 37.3 Å². The largest absolute Gasteiger partial charge is 0.354 e. The lowest BCUT2D eigenvalue weighted by molar-refractivity contribution is -0.119. The maximum atomic E-state index is 13.4. The van der Waals surface area contributed by atoms with Crippen molar-refractivity contribution in [2.24, 2.45) is 5.92 Å². The average Bonchev–Trinajstić information content (AvgIpc) is 2.77. The molecule has 1 aliphatic rings. The molecular formula is C25H35N3O3S. The summed E-state index contributed by atoms with van der Waals surface area (Å²) in [5.74, 6) is 0.505. The molecular weight excluding hydrogens is 422 g/mol. The second-order valence-electron chi connectivity index (χ2n) is 8.84. The number of hydrogen-bond donors (Lipinski definition) is 1. The molecule has 6 nitrogen and oxygen atoms in total. The number of benzene rings is 2. The molecule has 2 aromatic rings. The fourth-order valence-electron chi connectivity index (χ4n) is 3.98. The van der Waals surface area contributed by atoms with Crippen molar-refractivity contribution >= 4 is 21.6 Å². The Balaban J connectivity index is 1.66. The maximum Gasteiger partial charge on any atom is 0.264 e. The number of carbonyl (C=O) groups excluding carboxylic acids is 1. The van der Waals surface area contributed by atoms with Crippen LogP contribution in [0.3, 0.4) is 0 Å². The molecule has 1 aliphatic heterocycles. The van der Waals surface area contributed by atoms with Crippen LogP contribution in [0.4, 0.5) is 5.69 Å². The van der Waals surface area contributed by atoms with Crippen LogP contribution < -0.4 is 9.62 Å². The molecule has 2 aromatic carbocycles. The molecule has 1 amide bonds. The lowest BCUT2D eigenvalue weighted by atomic mass is 9.99. The van der Waals surface area contributed by atoms with Crippen molar-refractivity contribution in [1.82, 2.24) is 10.2 Å². The third-order valence-corrected chi connectivity index (χ3v) is 7.90. The van der Waals surface area contributed by atoms with Gasteiger partial charge in [0.1, 0.15) is 6.54 Å². The number of carbonyl (C=O) groups is 1. The molecule has 0 spiro atoms. The molecule has 1 fully saturated rings. The summed E-state index contributed by atoms with van der Waals surface area (Å²) < 4.78 is 28.1. The summed E-state index contributed by atoms with van der Waals surface area (Å²) in [5, 5.41) is 2.91. The van der Waals surface area contributed by atoms with Gasteiger partial charge in [0.15, 0.2) is 0 Å². The lowest BCUT2D eigenvalue weighted by Crippen LogP contribution is -2.42. The van der Waals surface area contributed by atoms with Gasteiger partial charge in [-0.05, 0) is 82.4 Å². The molecule has 0 unspecified atom stereocenters. The predicted octanol–water partition coefficient (Wildman–Crippen LogP) is 3.74. The molecule has 174 valence electrons. The van der Waals surface area contributed by atoms with Crippen molar-refractivity contribution in [2.45, 2.75) is 44.9 Å². The van der Waals surface area contributed by atoms with E-state index in [1.807, 2.05) is 26.0 Å². The van der Waals surface area contributed by atoms with E-state index in [1.54, 1.807) is 36.4 Å². The highest BCUT2D eigenvalue weighted by atomic mass is 32.2. The molecule has 1 saturated heterocycles. The minimum Gasteiger partial charge on any atom is -0.354 e. The summed E-state index contributed by atoms with van der Waals surface area (Å²) in [6.45, 7) is 9.53. The van der Waals surface area contributed by atoms with E-state index in [1.165, 1.54) is 17.1 Å². The molecule has 3 rings (SSSR count). The van der Waals surface area contributed by atoms with Crippen molar-refractivity contribution in [1.29, 1.82) is 0 Å². The number of sulfonamides is 1. The molecule has 1 heterocycles. The van der Waals surface area contributed by atoms with Crippen LogP contribution in [-0.4, -0.2) is 51.9 Å². The first-order chi connectivity index (χ1) is 15.3. The average molecular weight is 458 g/mol. The number of likely N-dealkylation sites (tertiary alicyclic amines) is 1. The summed E-state index contributed by atoms with van der Waals surface area (Å²) in [5.41, 5.74) is 2.30. The van der Waals surface area contributed by atoms with Gasteiger partial charge in [-0.3, -0.25) is 9.10 Å². The van der Waals surface area contributed by atoms with Crippen LogP contribution in [0.25, 0.3) is 0 Å². The summed E-state index contributed by atoms with van der Waals surface area (Å²) >= 11 is 0. The molecule has 0 atom stereocenters. The van der Waals surface area contributed by atoms with E-state index >= 15 is 0 Å². The standard InChI is InChI=1S/C25H35N3O3S/c1-20-9-11-23(12-10-20)32(30,31)28(24-8-5-4-7-22(24)3)19-25(29)26-15-6-16-27-17-13-21(2)14-18-27/h4-5,7-12,21H,6,13-19H2,1-3H3,(H,26,29). The number of hydrogen-bond acceptors (Lipinski definition) is 4. The number of anilines is 1. The Labute approximate surface area is 192 Å². The third kappa shape index (κ3) is 6.33. The Kier molecular flexibility index (Phi) is 8.32. The Hall–Kier alpha value is -2.38. The quantitative estimate of drug-likeness (QED) is 0.583. The number of nitrogens with one attached hydrogen (secondary N) is 1. The van der Waals surface area contributed by atoms with Gasteiger partial charge in [-0.2, -0.15) is 0 Å². The molecule has 1 N–H and O–H groups in total. The minimum absolute atomic E-state index is 0.179. The van der Waals surface area contributed by atoms with Crippen molar-refractivity contribution in [2.75, 3.05) is 37.0 Å². The van der Waals surface area contributed by atoms with Crippen LogP contribution in [0.5, 0.6) is 0 Å². The topological polar surface area (TPSA) is 69.7 Å². The van der Waals surface area contributed by atoms with Gasteiger partial charge in [0.25, 0.3) is 10.0 Å². The van der Waals surface area contributed by atoms with Gasteiger partial charge in [0, 0.05) is 6.54 Å². The number of nitrogens with zero attached hydrogens (tertiary/aromatic N) is 2. The zero-order valence-corrected chi connectivity index (χ0v) is 20.2. The van der Waals surface area contributed by atoms with Gasteiger partial charge >= 0.3 is 0 Å². The van der Waals surface area contributed by atoms with Gasteiger partial charge in [-0.15, -0.1) is 0 Å². The van der Waals surface area contributed by atoms with E-state index in [0.717, 1.165) is 43.1 Å². The number of rotatable bonds is 9. The van der Waals surface area contributed by atoms with E-state index in [2.05, 4.69) is 17.1 Å². The van der Waals surface area contributed by atoms with Gasteiger partial charge in [-0.1, -0.05) is 42.8 Å². The molecule has 0 radical (unpaired) electrons. The molecule has 7 heteroatoms. The van der Waals surface area contributed by atoms with E-state index in [-0.39, 0.29) is 17.3 Å². The third-order valence-electron chi connectivity index (χ3n) is 6.13. The smallest absolute Gasteiger partial charge is 0.264 e. The molecule has 0 saturated carbocycles. The first kappa shape index (κ1) is 24.3. The first-order valence-corrected chi connectivity index (χ1v) is 12.9. The maximum absolute atomic E-state index is 13.4. The highest BCUT2D eigenvalue weighted by Gasteiger charge is 2.28. The zero-order valence-electron chi connectivity index (χ0n) is 19.4. The second-order valence-corrected chi connectivity index (χ2v) is 10.7. The summed E-state index contributed by atoms with van der Waals surface area (Å²) in [7, 11) is -3.88. The highest BCUT2D eigenvalue weighted by molar-refractivity contribution is 7.92. The van der Waals surface area contributed by atoms with Crippen molar-refractivity contribution < 1.29 is 13.2 Å². The summed E-state index contributed by atoms with van der Waals surface area (Å²) in [4.78, 5) is 15.4. The van der Waals surface area contributed by atoms with E-state index in [4.69, 9.17) is 0 Å². The number of piperidine rings is 1. The normalized spacial score (nSPS) is 15.5. The van der Waals surface area contributed by atoms with Crippen LogP contribution >= 0.6 is 0 Å². The number of para-hydroxylation sites is 1. The van der Waals surface area contributed by atoms with Crippen LogP contribution in [0.15, 0.2) is 53.4 Å². The summed E-state index contributed by atoms with van der Waals surface area (Å²) in [6, 6.07) is 14.0. The highest BCUT2D eigenvalue weighted by Crippen LogP contribution is 2.26. The van der Waals surface area contributed by atoms with Gasteiger partial charge in [-0.25, -0.2) is 8.42 Å². The predicted molar refractivity (Wildman–Crippen MR) is 129 cm³/mol. The van der Waals surface area contributed by atoms with E-state index in [0.29, 0.717) is 12.2 Å². The molecule has 0 aliphatic carbocycles. The molecule has 32 heavy (non-hydrogen) atoms. The fraction of sp³-hybridized carbons (Fsp3) is 0.480. The van der Waals surface area contributed by atoms with Crippen LogP contribution in [0, 0.1) is 19.8 Å². The number of amides is 1. The van der Waals surface area contributed by atoms with E-state index in [9.17, 15) is 13.2 Å². The monoisotopic (exact) mass is 457 g/mol. The minimum atomic E-state index is -3.88. The van der Waals surface area contributed by atoms with Gasteiger partial charge in [0.05, 0.1) is 10.6 Å². The van der Waals surface area contributed by atoms with Crippen molar-refractivity contribution in [3.63, 3.8) is 0 Å². The summed E-state index contributed by atoms with van der Waals surface area (Å²) in [6.07, 6.45) is 3.32.